The predicted molar refractivity (Wildman–Crippen MR) is 71.2 cm³/mol. The van der Waals surface area contributed by atoms with Gasteiger partial charge in [0.2, 0.25) is 0 Å². The molecule has 6 nitrogen and oxygen atoms in total. The number of nitrogens with zero attached hydrogens (tertiary/aromatic N) is 1. The van der Waals surface area contributed by atoms with E-state index in [0.717, 1.165) is 0 Å². The second kappa shape index (κ2) is 6.63. The van der Waals surface area contributed by atoms with Gasteiger partial charge in [-0.15, -0.1) is 0 Å². The lowest BCUT2D eigenvalue weighted by molar-refractivity contribution is -0.132. The molecule has 0 radical (unpaired) electrons. The number of hydrogen-bond donors (Lipinski definition) is 2. The summed E-state index contributed by atoms with van der Waals surface area (Å²) in [6.07, 6.45) is 0. The quantitative estimate of drug-likeness (QED) is 0.755. The van der Waals surface area contributed by atoms with Crippen molar-refractivity contribution in [3.63, 3.8) is 0 Å². The number of ether oxygens (including phenoxy) is 1. The molecule has 0 fully saturated rings. The van der Waals surface area contributed by atoms with Crippen LogP contribution < -0.4 is 10.5 Å². The van der Waals surface area contributed by atoms with Crippen molar-refractivity contribution < 1.29 is 19.4 Å². The zero-order chi connectivity index (χ0) is 14.4. The molecule has 0 aliphatic rings. The maximum Gasteiger partial charge on any atom is 0.339 e. The minimum atomic E-state index is -1.14. The van der Waals surface area contributed by atoms with Crippen molar-refractivity contribution >= 4 is 17.6 Å². The van der Waals surface area contributed by atoms with Gasteiger partial charge in [0, 0.05) is 18.8 Å². The van der Waals surface area contributed by atoms with Gasteiger partial charge in [-0.3, -0.25) is 4.79 Å². The maximum atomic E-state index is 11.8. The highest BCUT2D eigenvalue weighted by Gasteiger charge is 2.15. The highest BCUT2D eigenvalue weighted by molar-refractivity contribution is 5.92. The first-order valence-corrected chi connectivity index (χ1v) is 6.03. The largest absolute Gasteiger partial charge is 0.483 e. The van der Waals surface area contributed by atoms with E-state index in [1.807, 2.05) is 13.8 Å². The average molecular weight is 266 g/mol. The van der Waals surface area contributed by atoms with E-state index >= 15 is 0 Å². The van der Waals surface area contributed by atoms with Crippen LogP contribution in [0.15, 0.2) is 18.2 Å². The molecule has 1 aromatic rings. The first-order chi connectivity index (χ1) is 8.99. The van der Waals surface area contributed by atoms with Crippen LogP contribution in [0.4, 0.5) is 5.69 Å². The van der Waals surface area contributed by atoms with Gasteiger partial charge in [0.1, 0.15) is 11.3 Å². The molecule has 0 saturated carbocycles. The molecule has 104 valence electrons. The number of carboxylic acids is 1. The van der Waals surface area contributed by atoms with Crippen LogP contribution in [0.1, 0.15) is 24.2 Å². The van der Waals surface area contributed by atoms with Crippen molar-refractivity contribution in [1.82, 2.24) is 4.90 Å². The molecule has 0 heterocycles. The number of aromatic carboxylic acids is 1. The second-order valence-electron chi connectivity index (χ2n) is 3.92. The van der Waals surface area contributed by atoms with Crippen LogP contribution in [-0.2, 0) is 4.79 Å². The highest BCUT2D eigenvalue weighted by Crippen LogP contribution is 2.21. The van der Waals surface area contributed by atoms with Crippen molar-refractivity contribution in [3.8, 4) is 5.75 Å². The molecular weight excluding hydrogens is 248 g/mol. The van der Waals surface area contributed by atoms with Gasteiger partial charge >= 0.3 is 5.97 Å². The maximum absolute atomic E-state index is 11.8. The van der Waals surface area contributed by atoms with Crippen molar-refractivity contribution in [3.05, 3.63) is 23.8 Å². The summed E-state index contributed by atoms with van der Waals surface area (Å²) in [5.41, 5.74) is 5.80. The fraction of sp³-hybridized carbons (Fsp3) is 0.385. The van der Waals surface area contributed by atoms with E-state index in [1.165, 1.54) is 18.2 Å². The number of amides is 1. The van der Waals surface area contributed by atoms with E-state index in [0.29, 0.717) is 18.8 Å². The summed E-state index contributed by atoms with van der Waals surface area (Å²) in [5, 5.41) is 9.03. The number of rotatable bonds is 6. The van der Waals surface area contributed by atoms with Gasteiger partial charge in [-0.1, -0.05) is 0 Å². The third-order valence-electron chi connectivity index (χ3n) is 2.70. The van der Waals surface area contributed by atoms with Crippen LogP contribution >= 0.6 is 0 Å². The van der Waals surface area contributed by atoms with E-state index in [1.54, 1.807) is 4.90 Å². The average Bonchev–Trinajstić information content (AvgIpc) is 2.38. The molecule has 0 bridgehead atoms. The molecule has 3 N–H and O–H groups in total. The summed E-state index contributed by atoms with van der Waals surface area (Å²) in [4.78, 5) is 24.4. The van der Waals surface area contributed by atoms with E-state index in [9.17, 15) is 9.59 Å². The molecule has 1 rings (SSSR count). The Balaban J connectivity index is 2.78. The minimum Gasteiger partial charge on any atom is -0.483 e. The molecule has 0 atom stereocenters. The molecule has 6 heteroatoms. The molecular formula is C13H18N2O4. The molecule has 0 aliphatic carbocycles. The number of carbonyl (C=O) groups excluding carboxylic acids is 1. The summed E-state index contributed by atoms with van der Waals surface area (Å²) in [7, 11) is 0. The zero-order valence-corrected chi connectivity index (χ0v) is 11.0. The lowest BCUT2D eigenvalue weighted by Crippen LogP contribution is -2.34. The van der Waals surface area contributed by atoms with Crippen LogP contribution in [0.25, 0.3) is 0 Å². The number of benzene rings is 1. The standard InChI is InChI=1S/C13H18N2O4/c1-3-15(4-2)12(16)8-19-11-6-5-9(14)7-10(11)13(17)18/h5-7H,3-4,8,14H2,1-2H3,(H,17,18). The van der Waals surface area contributed by atoms with E-state index in [2.05, 4.69) is 0 Å². The van der Waals surface area contributed by atoms with Gasteiger partial charge in [0.25, 0.3) is 5.91 Å². The number of carbonyl (C=O) groups is 2. The minimum absolute atomic E-state index is 0.0488. The van der Waals surface area contributed by atoms with E-state index in [-0.39, 0.29) is 23.8 Å². The van der Waals surface area contributed by atoms with Crippen LogP contribution in [0, 0.1) is 0 Å². The lowest BCUT2D eigenvalue weighted by atomic mass is 10.2. The Bertz CT molecular complexity index is 470. The van der Waals surface area contributed by atoms with Crippen molar-refractivity contribution in [2.75, 3.05) is 25.4 Å². The topological polar surface area (TPSA) is 92.9 Å². The Hall–Kier alpha value is -2.24. The number of likely N-dealkylation sites (N-methyl/N-ethyl adjacent to an activating group) is 1. The molecule has 0 aromatic heterocycles. The van der Waals surface area contributed by atoms with E-state index < -0.39 is 5.97 Å². The lowest BCUT2D eigenvalue weighted by Gasteiger charge is -2.19. The molecule has 1 amide bonds. The molecule has 0 unspecified atom stereocenters. The van der Waals surface area contributed by atoms with Crippen LogP contribution in [0.5, 0.6) is 5.75 Å². The molecule has 0 spiro atoms. The third kappa shape index (κ3) is 3.87. The molecule has 0 aliphatic heterocycles. The van der Waals surface area contributed by atoms with Gasteiger partial charge in [0.15, 0.2) is 6.61 Å². The first-order valence-electron chi connectivity index (χ1n) is 6.03. The third-order valence-corrected chi connectivity index (χ3v) is 2.70. The first kappa shape index (κ1) is 14.8. The SMILES string of the molecule is CCN(CC)C(=O)COc1ccc(N)cc1C(=O)O. The number of nitrogens with two attached hydrogens (primary N) is 1. The Kier molecular flexibility index (Phi) is 5.17. The fourth-order valence-corrected chi connectivity index (χ4v) is 1.65. The number of carboxylic acid groups (broad SMARTS) is 1. The number of anilines is 1. The Morgan fingerprint density at radius 1 is 1.32 bits per heavy atom. The monoisotopic (exact) mass is 266 g/mol. The van der Waals surface area contributed by atoms with Crippen LogP contribution in [0.2, 0.25) is 0 Å². The summed E-state index contributed by atoms with van der Waals surface area (Å²) < 4.78 is 5.27. The Morgan fingerprint density at radius 3 is 2.47 bits per heavy atom. The summed E-state index contributed by atoms with van der Waals surface area (Å²) >= 11 is 0. The Labute approximate surface area is 111 Å². The summed E-state index contributed by atoms with van der Waals surface area (Å²) in [5.74, 6) is -1.18. The summed E-state index contributed by atoms with van der Waals surface area (Å²) in [6.45, 7) is 4.73. The molecule has 0 saturated heterocycles. The number of nitrogen functional groups attached to an aromatic ring is 1. The fourth-order valence-electron chi connectivity index (χ4n) is 1.65. The Morgan fingerprint density at radius 2 is 1.95 bits per heavy atom. The molecule has 19 heavy (non-hydrogen) atoms. The van der Waals surface area contributed by atoms with Gasteiger partial charge < -0.3 is 20.5 Å². The van der Waals surface area contributed by atoms with Gasteiger partial charge in [-0.25, -0.2) is 4.79 Å². The second-order valence-corrected chi connectivity index (χ2v) is 3.92. The van der Waals surface area contributed by atoms with Crippen molar-refractivity contribution in [2.24, 2.45) is 0 Å². The van der Waals surface area contributed by atoms with Crippen molar-refractivity contribution in [2.45, 2.75) is 13.8 Å². The number of hydrogen-bond acceptors (Lipinski definition) is 4. The summed E-state index contributed by atoms with van der Waals surface area (Å²) in [6, 6.07) is 4.29. The highest BCUT2D eigenvalue weighted by atomic mass is 16.5. The normalized spacial score (nSPS) is 10.0. The van der Waals surface area contributed by atoms with Gasteiger partial charge in [-0.2, -0.15) is 0 Å². The van der Waals surface area contributed by atoms with E-state index in [4.69, 9.17) is 15.6 Å². The van der Waals surface area contributed by atoms with Crippen LogP contribution in [0.3, 0.4) is 0 Å². The van der Waals surface area contributed by atoms with Gasteiger partial charge in [0.05, 0.1) is 0 Å². The molecule has 1 aromatic carbocycles. The van der Waals surface area contributed by atoms with Crippen molar-refractivity contribution in [1.29, 1.82) is 0 Å². The smallest absolute Gasteiger partial charge is 0.339 e. The predicted octanol–water partition coefficient (Wildman–Crippen LogP) is 1.21. The zero-order valence-electron chi connectivity index (χ0n) is 11.0. The van der Waals surface area contributed by atoms with Crippen LogP contribution in [-0.4, -0.2) is 41.6 Å². The van der Waals surface area contributed by atoms with Gasteiger partial charge in [-0.05, 0) is 32.0 Å².